The Balaban J connectivity index is 1.56. The van der Waals surface area contributed by atoms with Gasteiger partial charge in [0.1, 0.15) is 12.1 Å². The molecule has 1 fully saturated rings. The summed E-state index contributed by atoms with van der Waals surface area (Å²) < 4.78 is 38.0. The number of benzene rings is 1. The topological polar surface area (TPSA) is 122 Å². The number of imide groups is 1. The lowest BCUT2D eigenvalue weighted by molar-refractivity contribution is -0.155. The van der Waals surface area contributed by atoms with E-state index in [9.17, 15) is 22.8 Å². The Kier molecular flexibility index (Phi) is 7.88. The Morgan fingerprint density at radius 2 is 1.79 bits per heavy atom. The highest BCUT2D eigenvalue weighted by Crippen LogP contribution is 2.25. The lowest BCUT2D eigenvalue weighted by Gasteiger charge is -2.26. The number of carbonyl (C=O) groups excluding carboxylic acids is 3. The number of amides is 2. The molecule has 1 saturated heterocycles. The molecule has 0 spiro atoms. The van der Waals surface area contributed by atoms with Crippen molar-refractivity contribution in [1.29, 1.82) is 0 Å². The second-order valence-corrected chi connectivity index (χ2v) is 10.9. The Bertz CT molecular complexity index is 1010. The molecule has 10 nitrogen and oxygen atoms in total. The van der Waals surface area contributed by atoms with Gasteiger partial charge in [-0.1, -0.05) is 6.07 Å². The van der Waals surface area contributed by atoms with Gasteiger partial charge in [0.25, 0.3) is 11.8 Å². The Morgan fingerprint density at radius 1 is 1.12 bits per heavy atom. The molecular formula is C22H31N3O7S. The predicted octanol–water partition coefficient (Wildman–Crippen LogP) is 0.766. The standard InChI is InChI=1S/C22H31N3O7S/c1-22(2,3)32-19(26)14-25-20(27)17-6-5-16(13-18(17)21(25)28)15-33(29,30)23-7-4-8-24-9-11-31-12-10-24/h5-6,13,23H,4,7-12,14-15H2,1-3H3. The number of ether oxygens (including phenoxy) is 2. The molecule has 2 heterocycles. The van der Waals surface area contributed by atoms with Crippen molar-refractivity contribution in [1.82, 2.24) is 14.5 Å². The van der Waals surface area contributed by atoms with Crippen LogP contribution >= 0.6 is 0 Å². The van der Waals surface area contributed by atoms with Gasteiger partial charge in [-0.3, -0.25) is 24.2 Å². The summed E-state index contributed by atoms with van der Waals surface area (Å²) in [5.74, 6) is -2.25. The molecule has 0 aromatic heterocycles. The highest BCUT2D eigenvalue weighted by molar-refractivity contribution is 7.88. The van der Waals surface area contributed by atoms with Crippen molar-refractivity contribution < 1.29 is 32.3 Å². The first-order valence-corrected chi connectivity index (χ1v) is 12.6. The molecular weight excluding hydrogens is 450 g/mol. The molecule has 0 unspecified atom stereocenters. The van der Waals surface area contributed by atoms with Crippen molar-refractivity contribution >= 4 is 27.8 Å². The van der Waals surface area contributed by atoms with E-state index in [2.05, 4.69) is 9.62 Å². The maximum atomic E-state index is 12.7. The molecule has 11 heteroatoms. The molecule has 0 saturated carbocycles. The molecule has 2 amide bonds. The summed E-state index contributed by atoms with van der Waals surface area (Å²) in [7, 11) is -3.62. The minimum atomic E-state index is -3.62. The first-order chi connectivity index (χ1) is 15.5. The summed E-state index contributed by atoms with van der Waals surface area (Å²) in [6.45, 7) is 8.76. The van der Waals surface area contributed by atoms with Gasteiger partial charge < -0.3 is 9.47 Å². The van der Waals surface area contributed by atoms with E-state index in [4.69, 9.17) is 9.47 Å². The van der Waals surface area contributed by atoms with E-state index in [1.165, 1.54) is 18.2 Å². The monoisotopic (exact) mass is 481 g/mol. The van der Waals surface area contributed by atoms with Crippen molar-refractivity contribution in [3.8, 4) is 0 Å². The molecule has 0 radical (unpaired) electrons. The number of morpholine rings is 1. The van der Waals surface area contributed by atoms with Crippen molar-refractivity contribution in [3.05, 3.63) is 34.9 Å². The van der Waals surface area contributed by atoms with Crippen molar-refractivity contribution in [2.24, 2.45) is 0 Å². The van der Waals surface area contributed by atoms with Crippen molar-refractivity contribution in [2.75, 3.05) is 45.9 Å². The van der Waals surface area contributed by atoms with Gasteiger partial charge in [0.05, 0.1) is 30.1 Å². The van der Waals surface area contributed by atoms with E-state index in [1.807, 2.05) is 0 Å². The zero-order valence-corrected chi connectivity index (χ0v) is 20.1. The molecule has 182 valence electrons. The van der Waals surface area contributed by atoms with Gasteiger partial charge >= 0.3 is 5.97 Å². The number of hydrogen-bond acceptors (Lipinski definition) is 8. The summed E-state index contributed by atoms with van der Waals surface area (Å²) in [4.78, 5) is 40.4. The van der Waals surface area contributed by atoms with Crippen LogP contribution in [0.5, 0.6) is 0 Å². The van der Waals surface area contributed by atoms with E-state index in [-0.39, 0.29) is 16.9 Å². The van der Waals surface area contributed by atoms with Gasteiger partial charge in [-0.15, -0.1) is 0 Å². The Hall–Kier alpha value is -2.34. The molecule has 1 aromatic rings. The van der Waals surface area contributed by atoms with Crippen LogP contribution in [-0.4, -0.2) is 87.5 Å². The quantitative estimate of drug-likeness (QED) is 0.312. The van der Waals surface area contributed by atoms with Gasteiger partial charge in [0, 0.05) is 19.6 Å². The first-order valence-electron chi connectivity index (χ1n) is 10.9. The number of esters is 1. The second-order valence-electron chi connectivity index (χ2n) is 9.12. The molecule has 0 atom stereocenters. The zero-order chi connectivity index (χ0) is 24.2. The summed E-state index contributed by atoms with van der Waals surface area (Å²) in [5, 5.41) is 0. The van der Waals surface area contributed by atoms with Crippen LogP contribution in [0.2, 0.25) is 0 Å². The summed E-state index contributed by atoms with van der Waals surface area (Å²) in [6.07, 6.45) is 0.677. The minimum absolute atomic E-state index is 0.0866. The second kappa shape index (κ2) is 10.3. The highest BCUT2D eigenvalue weighted by Gasteiger charge is 2.37. The van der Waals surface area contributed by atoms with Crippen molar-refractivity contribution in [2.45, 2.75) is 38.5 Å². The Morgan fingerprint density at radius 3 is 2.45 bits per heavy atom. The van der Waals surface area contributed by atoms with E-state index < -0.39 is 40.0 Å². The molecule has 0 bridgehead atoms. The van der Waals surface area contributed by atoms with Gasteiger partial charge in [0.2, 0.25) is 10.0 Å². The fraction of sp³-hybridized carbons (Fsp3) is 0.591. The third kappa shape index (κ3) is 7.07. The predicted molar refractivity (Wildman–Crippen MR) is 120 cm³/mol. The SMILES string of the molecule is CC(C)(C)OC(=O)CN1C(=O)c2ccc(CS(=O)(=O)NCCCN3CCOCC3)cc2C1=O. The van der Waals surface area contributed by atoms with E-state index in [1.54, 1.807) is 20.8 Å². The number of carbonyl (C=O) groups is 3. The van der Waals surface area contributed by atoms with Crippen LogP contribution < -0.4 is 4.72 Å². The maximum Gasteiger partial charge on any atom is 0.326 e. The number of nitrogens with one attached hydrogen (secondary N) is 1. The van der Waals surface area contributed by atoms with Gasteiger partial charge in [-0.05, 0) is 51.4 Å². The third-order valence-corrected chi connectivity index (χ3v) is 6.53. The van der Waals surface area contributed by atoms with Crippen LogP contribution in [0.15, 0.2) is 18.2 Å². The number of fused-ring (bicyclic) bond motifs is 1. The maximum absolute atomic E-state index is 12.7. The van der Waals surface area contributed by atoms with Crippen molar-refractivity contribution in [3.63, 3.8) is 0 Å². The van der Waals surface area contributed by atoms with Crippen LogP contribution in [0, 0.1) is 0 Å². The number of sulfonamides is 1. The first kappa shape index (κ1) is 25.3. The smallest absolute Gasteiger partial charge is 0.326 e. The molecule has 1 N–H and O–H groups in total. The van der Waals surface area contributed by atoms with Crippen LogP contribution in [-0.2, 0) is 30.0 Å². The Labute approximate surface area is 194 Å². The zero-order valence-electron chi connectivity index (χ0n) is 19.3. The molecule has 0 aliphatic carbocycles. The largest absolute Gasteiger partial charge is 0.459 e. The number of rotatable bonds is 9. The lowest BCUT2D eigenvalue weighted by atomic mass is 10.1. The van der Waals surface area contributed by atoms with Gasteiger partial charge in [0.15, 0.2) is 0 Å². The molecule has 2 aliphatic heterocycles. The third-order valence-electron chi connectivity index (χ3n) is 5.18. The van der Waals surface area contributed by atoms with Crippen LogP contribution in [0.4, 0.5) is 0 Å². The van der Waals surface area contributed by atoms with Gasteiger partial charge in [-0.2, -0.15) is 0 Å². The van der Waals surface area contributed by atoms with Crippen LogP contribution in [0.3, 0.4) is 0 Å². The molecule has 1 aromatic carbocycles. The molecule has 33 heavy (non-hydrogen) atoms. The van der Waals surface area contributed by atoms with E-state index in [0.29, 0.717) is 31.7 Å². The fourth-order valence-corrected chi connectivity index (χ4v) is 4.88. The van der Waals surface area contributed by atoms with Crippen LogP contribution in [0.1, 0.15) is 53.5 Å². The summed E-state index contributed by atoms with van der Waals surface area (Å²) >= 11 is 0. The normalized spacial score (nSPS) is 17.4. The van der Waals surface area contributed by atoms with Gasteiger partial charge in [-0.25, -0.2) is 13.1 Å². The lowest BCUT2D eigenvalue weighted by Crippen LogP contribution is -2.38. The van der Waals surface area contributed by atoms with Crippen LogP contribution in [0.25, 0.3) is 0 Å². The van der Waals surface area contributed by atoms with E-state index >= 15 is 0 Å². The number of nitrogens with zero attached hydrogens (tertiary/aromatic N) is 2. The molecule has 2 aliphatic rings. The number of hydrogen-bond donors (Lipinski definition) is 1. The average molecular weight is 482 g/mol. The van der Waals surface area contributed by atoms with E-state index in [0.717, 1.165) is 24.5 Å². The summed E-state index contributed by atoms with van der Waals surface area (Å²) in [6, 6.07) is 4.33. The fourth-order valence-electron chi connectivity index (χ4n) is 3.70. The minimum Gasteiger partial charge on any atom is -0.459 e. The molecule has 3 rings (SSSR count). The highest BCUT2D eigenvalue weighted by atomic mass is 32.2. The average Bonchev–Trinajstić information content (AvgIpc) is 2.95. The summed E-state index contributed by atoms with van der Waals surface area (Å²) in [5.41, 5.74) is -0.131.